The Morgan fingerprint density at radius 2 is 1.92 bits per heavy atom. The number of azo groups is 1. The van der Waals surface area contributed by atoms with Crippen molar-refractivity contribution in [3.63, 3.8) is 0 Å². The van der Waals surface area contributed by atoms with E-state index in [0.717, 1.165) is 15.0 Å². The molecule has 0 atom stereocenters. The van der Waals surface area contributed by atoms with Crippen molar-refractivity contribution in [2.75, 3.05) is 0 Å². The first-order valence-electron chi connectivity index (χ1n) is 7.38. The molecule has 0 spiro atoms. The van der Waals surface area contributed by atoms with E-state index in [1.54, 1.807) is 18.2 Å². The SMILES string of the molecule is Cc1cc2c(O)ccc(N=Nc3nc4ccc(S(N)(=O)=O)cc4s3)c2s1. The zero-order valence-corrected chi connectivity index (χ0v) is 15.8. The molecule has 0 saturated heterocycles. The molecule has 2 heterocycles. The van der Waals surface area contributed by atoms with Crippen LogP contribution in [0.5, 0.6) is 5.75 Å². The van der Waals surface area contributed by atoms with Crippen molar-refractivity contribution < 1.29 is 13.5 Å². The smallest absolute Gasteiger partial charge is 0.238 e. The van der Waals surface area contributed by atoms with Gasteiger partial charge in [-0.3, -0.25) is 0 Å². The molecule has 3 N–H and O–H groups in total. The van der Waals surface area contributed by atoms with E-state index in [1.165, 1.54) is 34.8 Å². The highest BCUT2D eigenvalue weighted by atomic mass is 32.2. The van der Waals surface area contributed by atoms with E-state index in [1.807, 2.05) is 13.0 Å². The summed E-state index contributed by atoms with van der Waals surface area (Å²) in [4.78, 5) is 5.43. The van der Waals surface area contributed by atoms with E-state index >= 15 is 0 Å². The Kier molecular flexibility index (Phi) is 3.99. The van der Waals surface area contributed by atoms with Crippen LogP contribution in [0.2, 0.25) is 0 Å². The third kappa shape index (κ3) is 3.07. The van der Waals surface area contributed by atoms with Gasteiger partial charge in [0, 0.05) is 10.3 Å². The van der Waals surface area contributed by atoms with E-state index in [0.29, 0.717) is 21.0 Å². The van der Waals surface area contributed by atoms with Crippen molar-refractivity contribution in [1.82, 2.24) is 4.98 Å². The number of sulfonamides is 1. The van der Waals surface area contributed by atoms with Crippen LogP contribution in [0.25, 0.3) is 20.3 Å². The Balaban J connectivity index is 1.74. The first-order valence-corrected chi connectivity index (χ1v) is 10.6. The predicted molar refractivity (Wildman–Crippen MR) is 103 cm³/mol. The summed E-state index contributed by atoms with van der Waals surface area (Å²) < 4.78 is 24.4. The lowest BCUT2D eigenvalue weighted by atomic mass is 10.2. The fraction of sp³-hybridized carbons (Fsp3) is 0.0625. The molecule has 0 aliphatic carbocycles. The number of aromatic nitrogens is 1. The normalized spacial score (nSPS) is 12.5. The third-order valence-electron chi connectivity index (χ3n) is 3.68. The van der Waals surface area contributed by atoms with Crippen LogP contribution in [0, 0.1) is 6.92 Å². The standard InChI is InChI=1S/C16H12N4O3S3/c1-8-6-10-13(21)5-4-12(15(10)24-8)19-20-16-18-11-3-2-9(26(17,22)23)7-14(11)25-16/h2-7,21H,1H3,(H2,17,22,23). The van der Waals surface area contributed by atoms with Gasteiger partial charge in [0.15, 0.2) is 0 Å². The maximum absolute atomic E-state index is 11.4. The van der Waals surface area contributed by atoms with Crippen LogP contribution < -0.4 is 5.14 Å². The molecule has 26 heavy (non-hydrogen) atoms. The second-order valence-electron chi connectivity index (χ2n) is 5.57. The lowest BCUT2D eigenvalue weighted by Crippen LogP contribution is -2.11. The number of rotatable bonds is 3. The van der Waals surface area contributed by atoms with Crippen LogP contribution in [0.4, 0.5) is 10.8 Å². The van der Waals surface area contributed by atoms with Gasteiger partial charge in [0.1, 0.15) is 11.4 Å². The molecule has 7 nitrogen and oxygen atoms in total. The summed E-state index contributed by atoms with van der Waals surface area (Å²) >= 11 is 2.75. The number of thiophene rings is 1. The second-order valence-corrected chi connectivity index (χ2v) is 9.40. The van der Waals surface area contributed by atoms with Crippen molar-refractivity contribution >= 4 is 63.8 Å². The van der Waals surface area contributed by atoms with Crippen molar-refractivity contribution in [1.29, 1.82) is 0 Å². The number of primary sulfonamides is 1. The van der Waals surface area contributed by atoms with Gasteiger partial charge >= 0.3 is 0 Å². The summed E-state index contributed by atoms with van der Waals surface area (Å²) in [5.41, 5.74) is 1.26. The van der Waals surface area contributed by atoms with E-state index in [9.17, 15) is 13.5 Å². The Bertz CT molecular complexity index is 1290. The zero-order valence-electron chi connectivity index (χ0n) is 13.4. The molecule has 0 fully saturated rings. The van der Waals surface area contributed by atoms with E-state index in [-0.39, 0.29) is 10.6 Å². The number of nitrogens with two attached hydrogens (primary N) is 1. The summed E-state index contributed by atoms with van der Waals surface area (Å²) in [5, 5.41) is 24.7. The number of phenols is 1. The summed E-state index contributed by atoms with van der Waals surface area (Å²) in [7, 11) is -3.76. The molecule has 0 amide bonds. The average molecular weight is 404 g/mol. The molecule has 0 aliphatic heterocycles. The molecule has 0 bridgehead atoms. The molecule has 132 valence electrons. The summed E-state index contributed by atoms with van der Waals surface area (Å²) in [6.45, 7) is 1.96. The van der Waals surface area contributed by atoms with E-state index in [4.69, 9.17) is 5.14 Å². The van der Waals surface area contributed by atoms with Gasteiger partial charge in [0.05, 0.1) is 19.8 Å². The number of aryl methyl sites for hydroxylation is 1. The topological polar surface area (TPSA) is 118 Å². The first-order chi connectivity index (χ1) is 12.3. The van der Waals surface area contributed by atoms with Crippen molar-refractivity contribution in [2.24, 2.45) is 15.4 Å². The zero-order chi connectivity index (χ0) is 18.5. The van der Waals surface area contributed by atoms with Gasteiger partial charge in [-0.15, -0.1) is 21.6 Å². The van der Waals surface area contributed by atoms with Crippen molar-refractivity contribution in [3.05, 3.63) is 41.3 Å². The van der Waals surface area contributed by atoms with Gasteiger partial charge in [0.2, 0.25) is 15.2 Å². The molecule has 4 rings (SSSR count). The molecular weight excluding hydrogens is 392 g/mol. The number of hydrogen-bond acceptors (Lipinski definition) is 8. The monoisotopic (exact) mass is 404 g/mol. The highest BCUT2D eigenvalue weighted by Gasteiger charge is 2.12. The van der Waals surface area contributed by atoms with E-state index < -0.39 is 10.0 Å². The minimum Gasteiger partial charge on any atom is -0.507 e. The fourth-order valence-corrected chi connectivity index (χ4v) is 4.93. The summed E-state index contributed by atoms with van der Waals surface area (Å²) in [6.07, 6.45) is 0. The number of aromatic hydroxyl groups is 1. The molecule has 10 heteroatoms. The molecule has 4 aromatic rings. The quantitative estimate of drug-likeness (QED) is 0.485. The van der Waals surface area contributed by atoms with Crippen molar-refractivity contribution in [3.8, 4) is 5.75 Å². The third-order valence-corrected chi connectivity index (χ3v) is 6.57. The average Bonchev–Trinajstić information content (AvgIpc) is 3.16. The van der Waals surface area contributed by atoms with Gasteiger partial charge in [-0.2, -0.15) is 0 Å². The molecule has 2 aromatic carbocycles. The van der Waals surface area contributed by atoms with Gasteiger partial charge in [-0.1, -0.05) is 11.3 Å². The molecule has 2 aromatic heterocycles. The van der Waals surface area contributed by atoms with Crippen LogP contribution in [0.3, 0.4) is 0 Å². The molecular formula is C16H12N4O3S3. The Hall–Kier alpha value is -2.40. The van der Waals surface area contributed by atoms with Gasteiger partial charge in [-0.05, 0) is 43.3 Å². The largest absolute Gasteiger partial charge is 0.507 e. The van der Waals surface area contributed by atoms with Crippen molar-refractivity contribution in [2.45, 2.75) is 11.8 Å². The lowest BCUT2D eigenvalue weighted by Gasteiger charge is -1.97. The van der Waals surface area contributed by atoms with Crippen LogP contribution >= 0.6 is 22.7 Å². The highest BCUT2D eigenvalue weighted by molar-refractivity contribution is 7.89. The van der Waals surface area contributed by atoms with Crippen LogP contribution in [0.1, 0.15) is 4.88 Å². The maximum Gasteiger partial charge on any atom is 0.238 e. The molecule has 0 aliphatic rings. The predicted octanol–water partition coefficient (Wildman–Crippen LogP) is 4.59. The summed E-state index contributed by atoms with van der Waals surface area (Å²) in [6, 6.07) is 9.66. The Morgan fingerprint density at radius 1 is 1.12 bits per heavy atom. The number of hydrogen-bond donors (Lipinski definition) is 2. The summed E-state index contributed by atoms with van der Waals surface area (Å²) in [5.74, 6) is 0.207. The van der Waals surface area contributed by atoms with Gasteiger partial charge in [0.25, 0.3) is 0 Å². The van der Waals surface area contributed by atoms with Gasteiger partial charge in [-0.25, -0.2) is 18.5 Å². The maximum atomic E-state index is 11.4. The fourth-order valence-electron chi connectivity index (χ4n) is 2.51. The van der Waals surface area contributed by atoms with E-state index in [2.05, 4.69) is 15.2 Å². The molecule has 0 radical (unpaired) electrons. The Labute approximate surface area is 156 Å². The molecule has 0 saturated carbocycles. The van der Waals surface area contributed by atoms with Gasteiger partial charge < -0.3 is 5.11 Å². The lowest BCUT2D eigenvalue weighted by molar-refractivity contribution is 0.482. The minimum atomic E-state index is -3.76. The first kappa shape index (κ1) is 17.0. The van der Waals surface area contributed by atoms with Crippen LogP contribution in [-0.2, 0) is 10.0 Å². The number of phenolic OH excluding ortho intramolecular Hbond substituents is 1. The number of thiazole rings is 1. The Morgan fingerprint density at radius 3 is 2.69 bits per heavy atom. The van der Waals surface area contributed by atoms with Crippen LogP contribution in [-0.4, -0.2) is 18.5 Å². The molecule has 0 unspecified atom stereocenters. The number of nitrogens with zero attached hydrogens (tertiary/aromatic N) is 3. The minimum absolute atomic E-state index is 0.0337. The second kappa shape index (κ2) is 6.09. The highest BCUT2D eigenvalue weighted by Crippen LogP contribution is 2.39. The number of fused-ring (bicyclic) bond motifs is 2. The van der Waals surface area contributed by atoms with Crippen LogP contribution in [0.15, 0.2) is 51.5 Å². The number of benzene rings is 2.